The number of H-pyrrole nitrogens is 1. The van der Waals surface area contributed by atoms with Crippen LogP contribution in [0.5, 0.6) is 0 Å². The number of fused-ring (bicyclic) bond motifs is 1. The molecule has 5 heterocycles. The lowest BCUT2D eigenvalue weighted by Gasteiger charge is -2.42. The van der Waals surface area contributed by atoms with E-state index in [1.54, 1.807) is 6.20 Å². The topological polar surface area (TPSA) is 131 Å². The Hall–Kier alpha value is -4.22. The Balaban J connectivity index is 1.10. The molecule has 0 spiro atoms. The van der Waals surface area contributed by atoms with E-state index in [1.165, 1.54) is 31.6 Å². The van der Waals surface area contributed by atoms with E-state index in [9.17, 15) is 4.79 Å². The number of hydrogen-bond acceptors (Lipinski definition) is 9. The number of rotatable bonds is 8. The van der Waals surface area contributed by atoms with Gasteiger partial charge in [-0.05, 0) is 69.1 Å². The monoisotopic (exact) mass is 566 g/mol. The van der Waals surface area contributed by atoms with Gasteiger partial charge in [0.1, 0.15) is 11.4 Å². The van der Waals surface area contributed by atoms with Crippen LogP contribution in [0.1, 0.15) is 36.2 Å². The third kappa shape index (κ3) is 5.49. The number of piperidine rings is 1. The lowest BCUT2D eigenvalue weighted by Crippen LogP contribution is -2.52. The van der Waals surface area contributed by atoms with Gasteiger partial charge < -0.3 is 31.2 Å². The molecule has 1 aliphatic carbocycles. The quantitative estimate of drug-likeness (QED) is 0.252. The third-order valence-corrected chi connectivity index (χ3v) is 8.76. The second-order valence-corrected chi connectivity index (χ2v) is 11.7. The standard InChI is InChI=1S/C31H38N10O/c1-39-16-18-41(19-17-39)23-10-14-40(15-11-23)22-6-4-21(5-7-22)36-31-28(29(32)42)37-27(30(38-31)35-20-2-3-20)26-24-8-12-33-25(24)9-13-34-26/h4-9,12-13,20,23,33H,2-3,10-11,14-19H2,1H3,(H2,32,42)(H2,35,36,38). The molecular formula is C31H38N10O. The van der Waals surface area contributed by atoms with Crippen LogP contribution >= 0.6 is 0 Å². The predicted molar refractivity (Wildman–Crippen MR) is 166 cm³/mol. The van der Waals surface area contributed by atoms with Crippen LogP contribution in [0.2, 0.25) is 0 Å². The number of pyridine rings is 1. The lowest BCUT2D eigenvalue weighted by molar-refractivity contribution is 0.0982. The van der Waals surface area contributed by atoms with E-state index in [-0.39, 0.29) is 5.69 Å². The van der Waals surface area contributed by atoms with Gasteiger partial charge in [0.15, 0.2) is 17.3 Å². The highest BCUT2D eigenvalue weighted by Crippen LogP contribution is 2.35. The Labute approximate surface area is 245 Å². The normalized spacial score (nSPS) is 18.8. The summed E-state index contributed by atoms with van der Waals surface area (Å²) in [4.78, 5) is 37.5. The molecule has 1 amide bonds. The van der Waals surface area contributed by atoms with Crippen molar-refractivity contribution in [3.8, 4) is 11.4 Å². The average Bonchev–Trinajstić information content (AvgIpc) is 3.69. The minimum atomic E-state index is -0.648. The van der Waals surface area contributed by atoms with Crippen molar-refractivity contribution >= 4 is 39.8 Å². The number of anilines is 4. The molecule has 3 aromatic heterocycles. The molecule has 3 aliphatic rings. The van der Waals surface area contributed by atoms with Crippen molar-refractivity contribution in [2.24, 2.45) is 5.73 Å². The van der Waals surface area contributed by atoms with Crippen LogP contribution in [0.15, 0.2) is 48.8 Å². The summed E-state index contributed by atoms with van der Waals surface area (Å²) in [6, 6.07) is 13.2. The second kappa shape index (κ2) is 11.2. The van der Waals surface area contributed by atoms with Crippen molar-refractivity contribution in [1.82, 2.24) is 29.7 Å². The van der Waals surface area contributed by atoms with Gasteiger partial charge in [0, 0.05) is 86.0 Å². The minimum absolute atomic E-state index is 0.0794. The van der Waals surface area contributed by atoms with E-state index >= 15 is 0 Å². The Morgan fingerprint density at radius 2 is 1.67 bits per heavy atom. The molecule has 11 heteroatoms. The summed E-state index contributed by atoms with van der Waals surface area (Å²) in [7, 11) is 2.21. The number of piperazine rings is 1. The molecule has 218 valence electrons. The van der Waals surface area contributed by atoms with Crippen LogP contribution in [0.25, 0.3) is 22.3 Å². The predicted octanol–water partition coefficient (Wildman–Crippen LogP) is 3.65. The first-order valence-electron chi connectivity index (χ1n) is 15.0. The van der Waals surface area contributed by atoms with Crippen molar-refractivity contribution in [3.05, 3.63) is 54.5 Å². The van der Waals surface area contributed by atoms with Crippen molar-refractivity contribution in [2.75, 3.05) is 61.8 Å². The number of carbonyl (C=O) groups is 1. The fourth-order valence-corrected chi connectivity index (χ4v) is 6.12. The minimum Gasteiger partial charge on any atom is -0.371 e. The Bertz CT molecular complexity index is 1560. The van der Waals surface area contributed by atoms with Gasteiger partial charge in [0.2, 0.25) is 0 Å². The highest BCUT2D eigenvalue weighted by Gasteiger charge is 2.28. The number of nitrogens with zero attached hydrogens (tertiary/aromatic N) is 6. The zero-order chi connectivity index (χ0) is 28.6. The smallest absolute Gasteiger partial charge is 0.271 e. The molecule has 4 aromatic rings. The van der Waals surface area contributed by atoms with E-state index in [0.717, 1.165) is 55.6 Å². The van der Waals surface area contributed by atoms with E-state index in [2.05, 4.69) is 54.5 Å². The van der Waals surface area contributed by atoms with Gasteiger partial charge >= 0.3 is 0 Å². The number of carbonyl (C=O) groups excluding carboxylic acids is 1. The number of likely N-dealkylation sites (N-methyl/N-ethyl adjacent to an activating group) is 1. The summed E-state index contributed by atoms with van der Waals surface area (Å²) in [6.07, 6.45) is 8.10. The first kappa shape index (κ1) is 26.7. The molecule has 42 heavy (non-hydrogen) atoms. The molecule has 0 radical (unpaired) electrons. The van der Waals surface area contributed by atoms with Crippen molar-refractivity contribution in [1.29, 1.82) is 0 Å². The van der Waals surface area contributed by atoms with Crippen LogP contribution in [0.3, 0.4) is 0 Å². The number of aromatic nitrogens is 4. The molecule has 11 nitrogen and oxygen atoms in total. The second-order valence-electron chi connectivity index (χ2n) is 11.7. The Kier molecular flexibility index (Phi) is 7.12. The van der Waals surface area contributed by atoms with Crippen LogP contribution in [-0.4, -0.2) is 94.0 Å². The molecule has 1 saturated carbocycles. The van der Waals surface area contributed by atoms with Gasteiger partial charge in [0.25, 0.3) is 5.91 Å². The highest BCUT2D eigenvalue weighted by molar-refractivity contribution is 6.00. The maximum Gasteiger partial charge on any atom is 0.271 e. The number of primary amides is 1. The summed E-state index contributed by atoms with van der Waals surface area (Å²) in [5.74, 6) is 0.271. The fourth-order valence-electron chi connectivity index (χ4n) is 6.12. The SMILES string of the molecule is CN1CCN(C2CCN(c3ccc(Nc4nc(NC5CC5)c(-c5nccc6[nH]ccc56)nc4C(N)=O)cc3)CC2)CC1. The first-order valence-corrected chi connectivity index (χ1v) is 15.0. The third-order valence-electron chi connectivity index (χ3n) is 8.76. The Morgan fingerprint density at radius 3 is 2.38 bits per heavy atom. The molecule has 5 N–H and O–H groups in total. The van der Waals surface area contributed by atoms with Gasteiger partial charge in [-0.3, -0.25) is 14.7 Å². The van der Waals surface area contributed by atoms with E-state index in [4.69, 9.17) is 15.7 Å². The average molecular weight is 567 g/mol. The molecular weight excluding hydrogens is 528 g/mol. The van der Waals surface area contributed by atoms with Crippen LogP contribution in [0.4, 0.5) is 23.0 Å². The van der Waals surface area contributed by atoms with Crippen LogP contribution in [-0.2, 0) is 0 Å². The molecule has 3 fully saturated rings. The largest absolute Gasteiger partial charge is 0.371 e. The Morgan fingerprint density at radius 1 is 0.905 bits per heavy atom. The lowest BCUT2D eigenvalue weighted by atomic mass is 10.0. The van der Waals surface area contributed by atoms with E-state index < -0.39 is 5.91 Å². The first-order chi connectivity index (χ1) is 20.5. The summed E-state index contributed by atoms with van der Waals surface area (Å²) >= 11 is 0. The number of hydrogen-bond donors (Lipinski definition) is 4. The van der Waals surface area contributed by atoms with Gasteiger partial charge in [-0.2, -0.15) is 0 Å². The highest BCUT2D eigenvalue weighted by atomic mass is 16.1. The number of amides is 1. The molecule has 0 atom stereocenters. The molecule has 0 bridgehead atoms. The maximum atomic E-state index is 12.6. The number of nitrogens with one attached hydrogen (secondary N) is 3. The molecule has 7 rings (SSSR count). The van der Waals surface area contributed by atoms with Crippen molar-refractivity contribution < 1.29 is 4.79 Å². The maximum absolute atomic E-state index is 12.6. The summed E-state index contributed by atoms with van der Waals surface area (Å²) in [5.41, 5.74) is 10.0. The molecule has 2 aliphatic heterocycles. The van der Waals surface area contributed by atoms with Crippen molar-refractivity contribution in [3.63, 3.8) is 0 Å². The zero-order valence-electron chi connectivity index (χ0n) is 24.0. The summed E-state index contributed by atoms with van der Waals surface area (Å²) in [5, 5.41) is 7.70. The van der Waals surface area contributed by atoms with Crippen molar-refractivity contribution in [2.45, 2.75) is 37.8 Å². The van der Waals surface area contributed by atoms with Gasteiger partial charge in [-0.15, -0.1) is 0 Å². The van der Waals surface area contributed by atoms with E-state index in [1.807, 2.05) is 30.5 Å². The van der Waals surface area contributed by atoms with E-state index in [0.29, 0.717) is 35.1 Å². The zero-order valence-corrected chi connectivity index (χ0v) is 24.0. The molecule has 0 unspecified atom stereocenters. The number of aromatic amines is 1. The van der Waals surface area contributed by atoms with Crippen LogP contribution in [0, 0.1) is 0 Å². The fraction of sp³-hybridized carbons (Fsp3) is 0.419. The number of nitrogens with two attached hydrogens (primary N) is 1. The summed E-state index contributed by atoms with van der Waals surface area (Å²) < 4.78 is 0. The summed E-state index contributed by atoms with van der Waals surface area (Å²) in [6.45, 7) is 6.79. The van der Waals surface area contributed by atoms with Gasteiger partial charge in [-0.25, -0.2) is 9.97 Å². The van der Waals surface area contributed by atoms with Gasteiger partial charge in [0.05, 0.1) is 0 Å². The van der Waals surface area contributed by atoms with Crippen LogP contribution < -0.4 is 21.3 Å². The van der Waals surface area contributed by atoms with Gasteiger partial charge in [-0.1, -0.05) is 0 Å². The number of benzene rings is 1. The molecule has 1 aromatic carbocycles. The molecule has 2 saturated heterocycles.